The van der Waals surface area contributed by atoms with E-state index in [2.05, 4.69) is 5.32 Å². The molecule has 2 aliphatic rings. The average molecular weight is 284 g/mol. The molecule has 1 aromatic rings. The molecule has 2 saturated heterocycles. The van der Waals surface area contributed by atoms with Gasteiger partial charge in [-0.05, 0) is 24.4 Å². The molecule has 2 unspecified atom stereocenters. The van der Waals surface area contributed by atoms with E-state index >= 15 is 0 Å². The van der Waals surface area contributed by atoms with Gasteiger partial charge in [0.05, 0.1) is 5.41 Å². The van der Waals surface area contributed by atoms with Crippen LogP contribution >= 0.6 is 0 Å². The number of piperidine rings is 1. The van der Waals surface area contributed by atoms with Crippen molar-refractivity contribution in [2.45, 2.75) is 19.1 Å². The summed E-state index contributed by atoms with van der Waals surface area (Å²) in [4.78, 5) is 1.96. The minimum absolute atomic E-state index is 0.137. The first-order valence-corrected chi connectivity index (χ1v) is 7.05. The summed E-state index contributed by atoms with van der Waals surface area (Å²) in [6.45, 7) is 2.22. The fraction of sp³-hybridized carbons (Fsp3) is 0.600. The summed E-state index contributed by atoms with van der Waals surface area (Å²) in [6.07, 6.45) is -3.91. The molecule has 0 amide bonds. The van der Waals surface area contributed by atoms with E-state index in [4.69, 9.17) is 0 Å². The maximum atomic E-state index is 13.5. The molecule has 2 nitrogen and oxygen atoms in total. The van der Waals surface area contributed by atoms with Crippen LogP contribution in [0.1, 0.15) is 12.0 Å². The van der Waals surface area contributed by atoms with Crippen LogP contribution in [0.5, 0.6) is 0 Å². The first-order valence-electron chi connectivity index (χ1n) is 7.05. The largest absolute Gasteiger partial charge is 0.396 e. The van der Waals surface area contributed by atoms with Crippen LogP contribution in [0.2, 0.25) is 0 Å². The molecule has 2 aliphatic heterocycles. The topological polar surface area (TPSA) is 15.3 Å². The summed E-state index contributed by atoms with van der Waals surface area (Å²) in [5.74, 6) is -0.319. The number of hydrogen-bond acceptors (Lipinski definition) is 2. The SMILES string of the molecule is FC(F)(F)C12CCNCC1CN(Cc1ccccc1)C2. The van der Waals surface area contributed by atoms with Crippen molar-refractivity contribution in [3.05, 3.63) is 35.9 Å². The second kappa shape index (κ2) is 5.04. The monoisotopic (exact) mass is 284 g/mol. The number of benzene rings is 1. The predicted octanol–water partition coefficient (Wildman–Crippen LogP) is 2.66. The lowest BCUT2D eigenvalue weighted by Crippen LogP contribution is -2.53. The maximum Gasteiger partial charge on any atom is 0.396 e. The fourth-order valence-electron chi connectivity index (χ4n) is 3.63. The second-order valence-electron chi connectivity index (χ2n) is 5.96. The molecular weight excluding hydrogens is 265 g/mol. The van der Waals surface area contributed by atoms with E-state index in [1.165, 1.54) is 0 Å². The molecule has 0 aromatic heterocycles. The molecule has 2 heterocycles. The lowest BCUT2D eigenvalue weighted by molar-refractivity contribution is -0.238. The molecule has 2 atom stereocenters. The standard InChI is InChI=1S/C15H19F3N2/c16-15(17,18)14-6-7-19-8-13(14)10-20(11-14)9-12-4-2-1-3-5-12/h1-5,13,19H,6-11H2. The lowest BCUT2D eigenvalue weighted by atomic mass is 9.72. The predicted molar refractivity (Wildman–Crippen MR) is 71.2 cm³/mol. The van der Waals surface area contributed by atoms with Gasteiger partial charge in [-0.1, -0.05) is 30.3 Å². The Morgan fingerprint density at radius 2 is 2.00 bits per heavy atom. The zero-order chi connectivity index (χ0) is 14.2. The second-order valence-corrected chi connectivity index (χ2v) is 5.96. The molecular formula is C15H19F3N2. The van der Waals surface area contributed by atoms with E-state index < -0.39 is 11.6 Å². The van der Waals surface area contributed by atoms with Gasteiger partial charge < -0.3 is 5.32 Å². The molecule has 1 N–H and O–H groups in total. The number of rotatable bonds is 2. The Bertz CT molecular complexity index is 460. The van der Waals surface area contributed by atoms with Gasteiger partial charge in [0.1, 0.15) is 0 Å². The van der Waals surface area contributed by atoms with E-state index in [9.17, 15) is 13.2 Å². The van der Waals surface area contributed by atoms with Gasteiger partial charge in [-0.2, -0.15) is 13.2 Å². The quantitative estimate of drug-likeness (QED) is 0.898. The van der Waals surface area contributed by atoms with Crippen molar-refractivity contribution in [1.29, 1.82) is 0 Å². The third-order valence-corrected chi connectivity index (χ3v) is 4.72. The first-order chi connectivity index (χ1) is 9.51. The number of hydrogen-bond donors (Lipinski definition) is 1. The van der Waals surface area contributed by atoms with Crippen molar-refractivity contribution in [3.63, 3.8) is 0 Å². The molecule has 3 rings (SSSR count). The molecule has 5 heteroatoms. The zero-order valence-electron chi connectivity index (χ0n) is 11.3. The summed E-state index contributed by atoms with van der Waals surface area (Å²) >= 11 is 0. The highest BCUT2D eigenvalue weighted by Crippen LogP contribution is 2.52. The van der Waals surface area contributed by atoms with Crippen LogP contribution < -0.4 is 5.32 Å². The molecule has 110 valence electrons. The number of nitrogens with zero attached hydrogens (tertiary/aromatic N) is 1. The Balaban J connectivity index is 1.78. The Labute approximate surface area is 117 Å². The van der Waals surface area contributed by atoms with Crippen molar-refractivity contribution >= 4 is 0 Å². The van der Waals surface area contributed by atoms with Crippen LogP contribution in [-0.2, 0) is 6.54 Å². The van der Waals surface area contributed by atoms with Crippen LogP contribution in [0.4, 0.5) is 13.2 Å². The van der Waals surface area contributed by atoms with Gasteiger partial charge in [-0.3, -0.25) is 4.90 Å². The Kier molecular flexibility index (Phi) is 3.50. The van der Waals surface area contributed by atoms with Crippen molar-refractivity contribution in [2.24, 2.45) is 11.3 Å². The Hall–Kier alpha value is -1.07. The van der Waals surface area contributed by atoms with Crippen LogP contribution in [-0.4, -0.2) is 37.3 Å². The maximum absolute atomic E-state index is 13.5. The fourth-order valence-corrected chi connectivity index (χ4v) is 3.63. The molecule has 2 fully saturated rings. The van der Waals surface area contributed by atoms with E-state index in [0.29, 0.717) is 26.2 Å². The third-order valence-electron chi connectivity index (χ3n) is 4.72. The third kappa shape index (κ3) is 2.33. The first kappa shape index (κ1) is 13.9. The van der Waals surface area contributed by atoms with Gasteiger partial charge in [0.15, 0.2) is 0 Å². The minimum atomic E-state index is -4.11. The van der Waals surface area contributed by atoms with E-state index in [1.54, 1.807) is 0 Å². The lowest BCUT2D eigenvalue weighted by Gasteiger charge is -2.40. The van der Waals surface area contributed by atoms with Crippen molar-refractivity contribution in [1.82, 2.24) is 10.2 Å². The van der Waals surface area contributed by atoms with Gasteiger partial charge in [0.25, 0.3) is 0 Å². The van der Waals surface area contributed by atoms with Gasteiger partial charge in [-0.25, -0.2) is 0 Å². The normalized spacial score (nSPS) is 31.2. The van der Waals surface area contributed by atoms with Gasteiger partial charge in [0, 0.05) is 26.2 Å². The van der Waals surface area contributed by atoms with Crippen LogP contribution in [0, 0.1) is 11.3 Å². The smallest absolute Gasteiger partial charge is 0.316 e. The molecule has 20 heavy (non-hydrogen) atoms. The Morgan fingerprint density at radius 1 is 1.25 bits per heavy atom. The summed E-state index contributed by atoms with van der Waals surface area (Å²) < 4.78 is 40.6. The Morgan fingerprint density at radius 3 is 2.65 bits per heavy atom. The van der Waals surface area contributed by atoms with E-state index in [1.807, 2.05) is 35.2 Å². The molecule has 0 radical (unpaired) electrons. The molecule has 1 aromatic carbocycles. The highest BCUT2D eigenvalue weighted by molar-refractivity contribution is 5.15. The summed E-state index contributed by atoms with van der Waals surface area (Å²) in [7, 11) is 0. The van der Waals surface area contributed by atoms with E-state index in [-0.39, 0.29) is 18.9 Å². The highest BCUT2D eigenvalue weighted by atomic mass is 19.4. The number of nitrogens with one attached hydrogen (secondary N) is 1. The average Bonchev–Trinajstić information content (AvgIpc) is 2.78. The van der Waals surface area contributed by atoms with Crippen molar-refractivity contribution < 1.29 is 13.2 Å². The van der Waals surface area contributed by atoms with Crippen molar-refractivity contribution in [3.8, 4) is 0 Å². The summed E-state index contributed by atoms with van der Waals surface area (Å²) in [5, 5.41) is 3.11. The molecule has 0 spiro atoms. The number of fused-ring (bicyclic) bond motifs is 1. The van der Waals surface area contributed by atoms with Gasteiger partial charge in [0.2, 0.25) is 0 Å². The zero-order valence-corrected chi connectivity index (χ0v) is 11.3. The molecule has 0 bridgehead atoms. The summed E-state index contributed by atoms with van der Waals surface area (Å²) in [6, 6.07) is 9.73. The van der Waals surface area contributed by atoms with Crippen LogP contribution in [0.3, 0.4) is 0 Å². The van der Waals surface area contributed by atoms with Crippen LogP contribution in [0.25, 0.3) is 0 Å². The number of alkyl halides is 3. The van der Waals surface area contributed by atoms with E-state index in [0.717, 1.165) is 5.56 Å². The molecule has 0 saturated carbocycles. The minimum Gasteiger partial charge on any atom is -0.316 e. The number of halogens is 3. The molecule has 0 aliphatic carbocycles. The number of likely N-dealkylation sites (tertiary alicyclic amines) is 1. The van der Waals surface area contributed by atoms with Crippen LogP contribution in [0.15, 0.2) is 30.3 Å². The van der Waals surface area contributed by atoms with Crippen molar-refractivity contribution in [2.75, 3.05) is 26.2 Å². The van der Waals surface area contributed by atoms with Gasteiger partial charge in [-0.15, -0.1) is 0 Å². The van der Waals surface area contributed by atoms with Gasteiger partial charge >= 0.3 is 6.18 Å². The highest BCUT2D eigenvalue weighted by Gasteiger charge is 2.63. The summed E-state index contributed by atoms with van der Waals surface area (Å²) in [5.41, 5.74) is -0.427.